The number of nitrogens with zero attached hydrogens (tertiary/aromatic N) is 1. The van der Waals surface area contributed by atoms with Crippen LogP contribution in [0.3, 0.4) is 0 Å². The minimum atomic E-state index is -1.60. The molecule has 2 heterocycles. The van der Waals surface area contributed by atoms with Crippen LogP contribution in [-0.4, -0.2) is 53.6 Å². The summed E-state index contributed by atoms with van der Waals surface area (Å²) in [4.78, 5) is 23.1. The molecule has 1 aliphatic rings. The third kappa shape index (κ3) is 2.21. The van der Waals surface area contributed by atoms with Crippen LogP contribution in [0.1, 0.15) is 4.94 Å². The van der Waals surface area contributed by atoms with Gasteiger partial charge in [-0.2, -0.15) is 0 Å². The van der Waals surface area contributed by atoms with Crippen molar-refractivity contribution >= 4 is 15.0 Å². The number of aromatic amines is 1. The number of H-pyrrole nitrogens is 1. The van der Waals surface area contributed by atoms with E-state index in [1.54, 1.807) is 0 Å². The number of hydrogen-bond acceptors (Lipinski definition) is 4. The molecular weight excluding hydrogens is 298 g/mol. The fourth-order valence-corrected chi connectivity index (χ4v) is 4.57. The van der Waals surface area contributed by atoms with Gasteiger partial charge in [-0.1, -0.05) is 0 Å². The van der Waals surface area contributed by atoms with Crippen molar-refractivity contribution in [3.8, 4) is 0 Å². The molecule has 8 heteroatoms. The Balaban J connectivity index is 2.35. The topological polar surface area (TPSA) is 95.3 Å². The number of rotatable bonds is 2. The second-order valence-corrected chi connectivity index (χ2v) is 6.55. The van der Waals surface area contributed by atoms with Gasteiger partial charge in [-0.15, -0.1) is 0 Å². The first-order valence-electron chi connectivity index (χ1n) is 4.94. The van der Waals surface area contributed by atoms with Crippen LogP contribution < -0.4 is 11.2 Å². The molecule has 2 rings (SSSR count). The van der Waals surface area contributed by atoms with Crippen LogP contribution in [0.2, 0.25) is 4.82 Å². The van der Waals surface area contributed by atoms with Crippen molar-refractivity contribution in [2.24, 2.45) is 0 Å². The van der Waals surface area contributed by atoms with Crippen molar-refractivity contribution in [1.82, 2.24) is 9.55 Å². The van der Waals surface area contributed by atoms with Crippen LogP contribution in [0.5, 0.6) is 0 Å². The normalized spacial score (nSPS) is 32.9. The van der Waals surface area contributed by atoms with Gasteiger partial charge in [-0.3, -0.25) is 0 Å². The maximum absolute atomic E-state index is 13.8. The average Bonchev–Trinajstić information content (AvgIpc) is 2.57. The first kappa shape index (κ1) is 12.5. The van der Waals surface area contributed by atoms with Gasteiger partial charge in [-0.05, 0) is 0 Å². The van der Waals surface area contributed by atoms with E-state index in [0.717, 1.165) is 10.6 Å². The number of aliphatic hydroxyl groups excluding tert-OH is 2. The Labute approximate surface area is 101 Å². The van der Waals surface area contributed by atoms with E-state index in [4.69, 9.17) is 5.11 Å². The first-order valence-corrected chi connectivity index (χ1v) is 6.92. The van der Waals surface area contributed by atoms with Gasteiger partial charge < -0.3 is 0 Å². The molecular formula is C9H11FN2O4Se. The second kappa shape index (κ2) is 4.73. The van der Waals surface area contributed by atoms with Crippen LogP contribution in [0.25, 0.3) is 0 Å². The van der Waals surface area contributed by atoms with Crippen LogP contribution in [-0.2, 0) is 0 Å². The first-order chi connectivity index (χ1) is 8.04. The molecule has 17 heavy (non-hydrogen) atoms. The molecule has 1 aliphatic heterocycles. The Bertz CT molecular complexity index is 516. The molecule has 0 saturated carbocycles. The molecule has 1 fully saturated rings. The number of nitrogens with one attached hydrogen (secondary N) is 1. The molecule has 0 aliphatic carbocycles. The molecule has 6 nitrogen and oxygen atoms in total. The molecule has 0 aromatic carbocycles. The summed E-state index contributed by atoms with van der Waals surface area (Å²) in [6, 6.07) is 1.13. The van der Waals surface area contributed by atoms with E-state index in [1.807, 2.05) is 4.98 Å². The van der Waals surface area contributed by atoms with E-state index in [0.29, 0.717) is 0 Å². The van der Waals surface area contributed by atoms with Crippen LogP contribution in [0.4, 0.5) is 4.39 Å². The second-order valence-electron chi connectivity index (χ2n) is 3.70. The molecule has 0 spiro atoms. The van der Waals surface area contributed by atoms with Gasteiger partial charge in [-0.25, -0.2) is 0 Å². The monoisotopic (exact) mass is 310 g/mol. The third-order valence-corrected chi connectivity index (χ3v) is 5.84. The summed E-state index contributed by atoms with van der Waals surface area (Å²) in [7, 11) is 0. The average molecular weight is 309 g/mol. The number of halogens is 1. The van der Waals surface area contributed by atoms with Gasteiger partial charge in [0.15, 0.2) is 0 Å². The standard InChI is InChI=1S/C9H11FN2O4Se/c10-6-7(15)4(3-13)17-8(6)12-2-1-5(14)11-9(12)16/h1-2,4,6-8,13,15H,3H2,(H,11,14,16)/t4-,6+,7-,8?/m1/s1. The van der Waals surface area contributed by atoms with E-state index in [2.05, 4.69) is 0 Å². The van der Waals surface area contributed by atoms with Crippen molar-refractivity contribution in [1.29, 1.82) is 0 Å². The Hall–Kier alpha value is -0.951. The van der Waals surface area contributed by atoms with Crippen molar-refractivity contribution in [3.63, 3.8) is 0 Å². The molecule has 1 saturated heterocycles. The summed E-state index contributed by atoms with van der Waals surface area (Å²) >= 11 is -0.449. The van der Waals surface area contributed by atoms with E-state index in [1.165, 1.54) is 6.20 Å². The minimum absolute atomic E-state index is 0.309. The quantitative estimate of drug-likeness (QED) is 0.564. The fraction of sp³-hybridized carbons (Fsp3) is 0.556. The van der Waals surface area contributed by atoms with Gasteiger partial charge >= 0.3 is 101 Å². The summed E-state index contributed by atoms with van der Waals surface area (Å²) in [5.41, 5.74) is -1.25. The van der Waals surface area contributed by atoms with E-state index in [-0.39, 0.29) is 6.61 Å². The molecule has 0 radical (unpaired) electrons. The van der Waals surface area contributed by atoms with Gasteiger partial charge in [0.1, 0.15) is 0 Å². The van der Waals surface area contributed by atoms with Crippen LogP contribution >= 0.6 is 0 Å². The van der Waals surface area contributed by atoms with E-state index >= 15 is 0 Å². The van der Waals surface area contributed by atoms with Gasteiger partial charge in [0, 0.05) is 0 Å². The Morgan fingerprint density at radius 2 is 2.24 bits per heavy atom. The Kier molecular flexibility index (Phi) is 3.48. The van der Waals surface area contributed by atoms with Gasteiger partial charge in [0.05, 0.1) is 0 Å². The maximum atomic E-state index is 13.8. The third-order valence-electron chi connectivity index (χ3n) is 2.60. The predicted octanol–water partition coefficient (Wildman–Crippen LogP) is -1.77. The number of alkyl halides is 1. The summed E-state index contributed by atoms with van der Waals surface area (Å²) in [5.74, 6) is 0. The fourth-order valence-electron chi connectivity index (χ4n) is 1.71. The van der Waals surface area contributed by atoms with Gasteiger partial charge in [0.2, 0.25) is 0 Å². The summed E-state index contributed by atoms with van der Waals surface area (Å²) < 4.78 is 14.9. The van der Waals surface area contributed by atoms with Crippen molar-refractivity contribution in [3.05, 3.63) is 33.1 Å². The van der Waals surface area contributed by atoms with Crippen molar-refractivity contribution in [2.45, 2.75) is 22.0 Å². The summed E-state index contributed by atoms with van der Waals surface area (Å²) in [6.07, 6.45) is -1.65. The van der Waals surface area contributed by atoms with E-state index < -0.39 is 48.2 Å². The van der Waals surface area contributed by atoms with Crippen LogP contribution in [0.15, 0.2) is 21.9 Å². The molecule has 0 bridgehead atoms. The summed E-state index contributed by atoms with van der Waals surface area (Å²) in [6.45, 7) is -0.309. The number of aliphatic hydroxyl groups is 2. The number of hydrogen-bond donors (Lipinski definition) is 3. The predicted molar refractivity (Wildman–Crippen MR) is 57.9 cm³/mol. The Morgan fingerprint density at radius 3 is 2.76 bits per heavy atom. The zero-order chi connectivity index (χ0) is 12.6. The zero-order valence-corrected chi connectivity index (χ0v) is 10.3. The molecule has 1 aromatic rings. The van der Waals surface area contributed by atoms with Crippen LogP contribution in [0, 0.1) is 0 Å². The molecule has 94 valence electrons. The molecule has 4 atom stereocenters. The van der Waals surface area contributed by atoms with Crippen molar-refractivity contribution < 1.29 is 14.6 Å². The van der Waals surface area contributed by atoms with E-state index in [9.17, 15) is 19.1 Å². The van der Waals surface area contributed by atoms with Gasteiger partial charge in [0.25, 0.3) is 0 Å². The molecule has 3 N–H and O–H groups in total. The SMILES string of the molecule is O=c1ccn(C2[Se][C@H](CO)[C@@H](O)[C@@H]2F)c(=O)[nH]1. The molecule has 1 unspecified atom stereocenters. The molecule has 0 amide bonds. The molecule has 1 aromatic heterocycles. The van der Waals surface area contributed by atoms with Crippen molar-refractivity contribution in [2.75, 3.05) is 6.61 Å². The summed E-state index contributed by atoms with van der Waals surface area (Å²) in [5, 5.41) is 18.5. The zero-order valence-electron chi connectivity index (χ0n) is 8.62. The Morgan fingerprint density at radius 1 is 1.53 bits per heavy atom. The number of aromatic nitrogens is 2.